The van der Waals surface area contributed by atoms with Crippen LogP contribution in [-0.2, 0) is 4.79 Å². The fourth-order valence-electron chi connectivity index (χ4n) is 1.71. The molecule has 1 aliphatic rings. The molecular formula is C12H14BrFN2O. The summed E-state index contributed by atoms with van der Waals surface area (Å²) < 4.78 is 13.9. The molecule has 1 aromatic carbocycles. The first-order valence-electron chi connectivity index (χ1n) is 5.55. The average molecular weight is 301 g/mol. The van der Waals surface area contributed by atoms with Crippen molar-refractivity contribution >= 4 is 21.8 Å². The summed E-state index contributed by atoms with van der Waals surface area (Å²) in [6.45, 7) is 0.747. The molecule has 17 heavy (non-hydrogen) atoms. The van der Waals surface area contributed by atoms with Gasteiger partial charge in [-0.25, -0.2) is 4.39 Å². The molecule has 3 N–H and O–H groups in total. The second-order valence-electron chi connectivity index (χ2n) is 4.35. The Bertz CT molecular complexity index is 435. The molecule has 2 rings (SSSR count). The Morgan fingerprint density at radius 3 is 2.88 bits per heavy atom. The highest BCUT2D eigenvalue weighted by Gasteiger charge is 2.26. The molecule has 92 valence electrons. The Morgan fingerprint density at radius 2 is 2.29 bits per heavy atom. The standard InChI is InChI=1S/C12H14BrFN2O/c13-10-4-3-8(14)5-9(10)11(12(15)17)16-6-7-1-2-7/h3-5,7,11,16H,1-2,6H2,(H2,15,17). The first-order valence-corrected chi connectivity index (χ1v) is 6.35. The minimum absolute atomic E-state index is 0.373. The van der Waals surface area contributed by atoms with Crippen molar-refractivity contribution in [2.75, 3.05) is 6.54 Å². The number of halogens is 2. The lowest BCUT2D eigenvalue weighted by atomic mass is 10.1. The van der Waals surface area contributed by atoms with Gasteiger partial charge in [-0.1, -0.05) is 15.9 Å². The minimum Gasteiger partial charge on any atom is -0.368 e. The summed E-state index contributed by atoms with van der Waals surface area (Å²) >= 11 is 3.31. The lowest BCUT2D eigenvalue weighted by Gasteiger charge is -2.17. The zero-order valence-electron chi connectivity index (χ0n) is 9.25. The van der Waals surface area contributed by atoms with Gasteiger partial charge >= 0.3 is 0 Å². The summed E-state index contributed by atoms with van der Waals surface area (Å²) in [6, 6.07) is 3.62. The van der Waals surface area contributed by atoms with Gasteiger partial charge in [-0.05, 0) is 49.1 Å². The van der Waals surface area contributed by atoms with Crippen molar-refractivity contribution in [3.8, 4) is 0 Å². The molecule has 0 bridgehead atoms. The van der Waals surface area contributed by atoms with Crippen LogP contribution in [0.3, 0.4) is 0 Å². The molecule has 1 saturated carbocycles. The lowest BCUT2D eigenvalue weighted by Crippen LogP contribution is -2.35. The van der Waals surface area contributed by atoms with Crippen LogP contribution in [0.25, 0.3) is 0 Å². The molecule has 0 spiro atoms. The van der Waals surface area contributed by atoms with E-state index in [-0.39, 0.29) is 5.82 Å². The average Bonchev–Trinajstić information content (AvgIpc) is 3.06. The van der Waals surface area contributed by atoms with E-state index in [1.54, 1.807) is 6.07 Å². The third-order valence-electron chi connectivity index (χ3n) is 2.86. The Morgan fingerprint density at radius 1 is 1.59 bits per heavy atom. The van der Waals surface area contributed by atoms with Gasteiger partial charge in [0.15, 0.2) is 0 Å². The minimum atomic E-state index is -0.638. The molecule has 1 atom stereocenters. The van der Waals surface area contributed by atoms with Gasteiger partial charge in [-0.3, -0.25) is 4.79 Å². The van der Waals surface area contributed by atoms with Crippen molar-refractivity contribution in [1.82, 2.24) is 5.32 Å². The molecule has 0 radical (unpaired) electrons. The number of carbonyl (C=O) groups excluding carboxylic acids is 1. The molecule has 3 nitrogen and oxygen atoms in total. The number of nitrogens with two attached hydrogens (primary N) is 1. The van der Waals surface area contributed by atoms with Crippen LogP contribution >= 0.6 is 15.9 Å². The summed E-state index contributed by atoms with van der Waals surface area (Å²) in [6.07, 6.45) is 2.37. The van der Waals surface area contributed by atoms with Crippen molar-refractivity contribution in [3.63, 3.8) is 0 Å². The number of carbonyl (C=O) groups is 1. The maximum absolute atomic E-state index is 13.2. The molecule has 1 fully saturated rings. The van der Waals surface area contributed by atoms with E-state index in [1.807, 2.05) is 0 Å². The summed E-state index contributed by atoms with van der Waals surface area (Å²) in [5.74, 6) is -0.233. The maximum Gasteiger partial charge on any atom is 0.239 e. The van der Waals surface area contributed by atoms with Crippen LogP contribution < -0.4 is 11.1 Å². The smallest absolute Gasteiger partial charge is 0.239 e. The number of hydrogen-bond donors (Lipinski definition) is 2. The maximum atomic E-state index is 13.2. The zero-order chi connectivity index (χ0) is 12.4. The molecule has 1 unspecified atom stereocenters. The van der Waals surface area contributed by atoms with Crippen LogP contribution in [-0.4, -0.2) is 12.5 Å². The third kappa shape index (κ3) is 3.26. The van der Waals surface area contributed by atoms with Crippen molar-refractivity contribution in [2.45, 2.75) is 18.9 Å². The molecule has 0 saturated heterocycles. The summed E-state index contributed by atoms with van der Waals surface area (Å²) in [4.78, 5) is 11.4. The second-order valence-corrected chi connectivity index (χ2v) is 5.21. The van der Waals surface area contributed by atoms with Crippen molar-refractivity contribution in [3.05, 3.63) is 34.1 Å². The van der Waals surface area contributed by atoms with Crippen LogP contribution in [0.4, 0.5) is 4.39 Å². The number of amides is 1. The van der Waals surface area contributed by atoms with Gasteiger partial charge in [0.05, 0.1) is 0 Å². The fraction of sp³-hybridized carbons (Fsp3) is 0.417. The van der Waals surface area contributed by atoms with Gasteiger partial charge in [0.1, 0.15) is 11.9 Å². The van der Waals surface area contributed by atoms with Crippen LogP contribution in [0.2, 0.25) is 0 Å². The number of primary amides is 1. The monoisotopic (exact) mass is 300 g/mol. The number of nitrogens with one attached hydrogen (secondary N) is 1. The highest BCUT2D eigenvalue weighted by molar-refractivity contribution is 9.10. The number of rotatable bonds is 5. The number of benzene rings is 1. The predicted octanol–water partition coefficient (Wildman–Crippen LogP) is 2.11. The first-order chi connectivity index (χ1) is 8.08. The van der Waals surface area contributed by atoms with Gasteiger partial charge in [0.25, 0.3) is 0 Å². The van der Waals surface area contributed by atoms with E-state index in [0.717, 1.165) is 6.54 Å². The Balaban J connectivity index is 2.17. The number of hydrogen-bond acceptors (Lipinski definition) is 2. The molecule has 0 aromatic heterocycles. The molecule has 1 aromatic rings. The van der Waals surface area contributed by atoms with Crippen LogP contribution in [0, 0.1) is 11.7 Å². The largest absolute Gasteiger partial charge is 0.368 e. The second kappa shape index (κ2) is 5.14. The van der Waals surface area contributed by atoms with E-state index < -0.39 is 11.9 Å². The topological polar surface area (TPSA) is 55.1 Å². The van der Waals surface area contributed by atoms with Crippen LogP contribution in [0.15, 0.2) is 22.7 Å². The molecule has 5 heteroatoms. The summed E-state index contributed by atoms with van der Waals surface area (Å²) in [7, 11) is 0. The van der Waals surface area contributed by atoms with Crippen molar-refractivity contribution < 1.29 is 9.18 Å². The van der Waals surface area contributed by atoms with Crippen molar-refractivity contribution in [2.24, 2.45) is 11.7 Å². The highest BCUT2D eigenvalue weighted by atomic mass is 79.9. The lowest BCUT2D eigenvalue weighted by molar-refractivity contribution is -0.120. The quantitative estimate of drug-likeness (QED) is 0.875. The van der Waals surface area contributed by atoms with Gasteiger partial charge in [-0.2, -0.15) is 0 Å². The first kappa shape index (κ1) is 12.5. The van der Waals surface area contributed by atoms with Crippen molar-refractivity contribution in [1.29, 1.82) is 0 Å². The normalized spacial score (nSPS) is 16.8. The molecule has 1 aliphatic carbocycles. The van der Waals surface area contributed by atoms with Gasteiger partial charge in [0, 0.05) is 4.47 Å². The molecule has 0 heterocycles. The van der Waals surface area contributed by atoms with E-state index in [2.05, 4.69) is 21.2 Å². The zero-order valence-corrected chi connectivity index (χ0v) is 10.8. The molecule has 0 aliphatic heterocycles. The Hall–Kier alpha value is -0.940. The van der Waals surface area contributed by atoms with E-state index in [0.29, 0.717) is 16.0 Å². The summed E-state index contributed by atoms with van der Waals surface area (Å²) in [5.41, 5.74) is 5.90. The SMILES string of the molecule is NC(=O)C(NCC1CC1)c1cc(F)ccc1Br. The van der Waals surface area contributed by atoms with E-state index in [1.165, 1.54) is 25.0 Å². The highest BCUT2D eigenvalue weighted by Crippen LogP contribution is 2.30. The van der Waals surface area contributed by atoms with Gasteiger partial charge in [-0.15, -0.1) is 0 Å². The van der Waals surface area contributed by atoms with Crippen LogP contribution in [0.5, 0.6) is 0 Å². The molecular weight excluding hydrogens is 287 g/mol. The van der Waals surface area contributed by atoms with Crippen LogP contribution in [0.1, 0.15) is 24.4 Å². The van der Waals surface area contributed by atoms with E-state index in [9.17, 15) is 9.18 Å². The van der Waals surface area contributed by atoms with E-state index in [4.69, 9.17) is 5.73 Å². The van der Waals surface area contributed by atoms with Gasteiger partial charge < -0.3 is 11.1 Å². The molecule has 1 amide bonds. The summed E-state index contributed by atoms with van der Waals surface area (Å²) in [5, 5.41) is 3.09. The van der Waals surface area contributed by atoms with Gasteiger partial charge in [0.2, 0.25) is 5.91 Å². The Kier molecular flexibility index (Phi) is 3.79. The Labute approximate surface area is 108 Å². The third-order valence-corrected chi connectivity index (χ3v) is 3.58. The fourth-order valence-corrected chi connectivity index (χ4v) is 2.18. The predicted molar refractivity (Wildman–Crippen MR) is 66.8 cm³/mol. The van der Waals surface area contributed by atoms with E-state index >= 15 is 0 Å².